The van der Waals surface area contributed by atoms with E-state index in [4.69, 9.17) is 5.73 Å². The second-order valence-electron chi connectivity index (χ2n) is 4.28. The first-order valence-corrected chi connectivity index (χ1v) is 6.71. The quantitative estimate of drug-likeness (QED) is 0.899. The van der Waals surface area contributed by atoms with Gasteiger partial charge in [0.25, 0.3) is 5.91 Å². The number of carbonyl (C=O) groups excluding carboxylic acids is 1. The molecule has 0 aliphatic carbocycles. The highest BCUT2D eigenvalue weighted by Gasteiger charge is 2.24. The Balaban J connectivity index is 0.00000144. The van der Waals surface area contributed by atoms with Crippen molar-refractivity contribution in [2.24, 2.45) is 5.73 Å². The number of amides is 1. The molecule has 17 heavy (non-hydrogen) atoms. The van der Waals surface area contributed by atoms with E-state index in [-0.39, 0.29) is 24.4 Å². The van der Waals surface area contributed by atoms with E-state index in [9.17, 15) is 4.79 Å². The van der Waals surface area contributed by atoms with E-state index in [1.54, 1.807) is 11.3 Å². The fourth-order valence-corrected chi connectivity index (χ4v) is 3.10. The van der Waals surface area contributed by atoms with Crippen LogP contribution in [-0.2, 0) is 6.42 Å². The van der Waals surface area contributed by atoms with Gasteiger partial charge in [-0.25, -0.2) is 0 Å². The van der Waals surface area contributed by atoms with Crippen molar-refractivity contribution in [1.29, 1.82) is 0 Å². The molecule has 3 nitrogen and oxygen atoms in total. The first-order chi connectivity index (χ1) is 7.72. The zero-order valence-corrected chi connectivity index (χ0v) is 11.6. The lowest BCUT2D eigenvalue weighted by molar-refractivity contribution is 0.0713. The van der Waals surface area contributed by atoms with Crippen molar-refractivity contribution in [2.75, 3.05) is 13.1 Å². The van der Waals surface area contributed by atoms with Gasteiger partial charge in [-0.2, -0.15) is 0 Å². The highest BCUT2D eigenvalue weighted by atomic mass is 35.5. The van der Waals surface area contributed by atoms with Gasteiger partial charge >= 0.3 is 0 Å². The van der Waals surface area contributed by atoms with Crippen molar-refractivity contribution in [3.63, 3.8) is 0 Å². The standard InChI is InChI=1S/C12H18N2OS.ClH/c1-2-9-5-7-16-11(9)12(15)14-6-3-4-10(13)8-14;/h5,7,10H,2-4,6,8,13H2,1H3;1H/t10-;/m1./s1. The zero-order chi connectivity index (χ0) is 11.5. The number of hydrogen-bond acceptors (Lipinski definition) is 3. The maximum absolute atomic E-state index is 12.3. The highest BCUT2D eigenvalue weighted by molar-refractivity contribution is 7.12. The molecule has 1 amide bonds. The SMILES string of the molecule is CCc1ccsc1C(=O)N1CCC[C@@H](N)C1.Cl. The summed E-state index contributed by atoms with van der Waals surface area (Å²) in [6.45, 7) is 3.65. The van der Waals surface area contributed by atoms with E-state index in [1.807, 2.05) is 16.3 Å². The molecule has 1 aliphatic heterocycles. The van der Waals surface area contributed by atoms with Gasteiger partial charge in [-0.3, -0.25) is 4.79 Å². The monoisotopic (exact) mass is 274 g/mol. The van der Waals surface area contributed by atoms with Crippen LogP contribution in [0.2, 0.25) is 0 Å². The van der Waals surface area contributed by atoms with Crippen LogP contribution < -0.4 is 5.73 Å². The molecule has 2 N–H and O–H groups in total. The Morgan fingerprint density at radius 3 is 3.06 bits per heavy atom. The summed E-state index contributed by atoms with van der Waals surface area (Å²) in [5.41, 5.74) is 7.06. The van der Waals surface area contributed by atoms with Crippen molar-refractivity contribution >= 4 is 29.7 Å². The minimum atomic E-state index is 0. The lowest BCUT2D eigenvalue weighted by Crippen LogP contribution is -2.45. The Morgan fingerprint density at radius 1 is 1.65 bits per heavy atom. The van der Waals surface area contributed by atoms with Gasteiger partial charge in [-0.15, -0.1) is 23.7 Å². The average Bonchev–Trinajstić information content (AvgIpc) is 2.76. The number of nitrogens with two attached hydrogens (primary N) is 1. The van der Waals surface area contributed by atoms with Crippen molar-refractivity contribution in [3.05, 3.63) is 21.9 Å². The minimum absolute atomic E-state index is 0. The second-order valence-corrected chi connectivity index (χ2v) is 5.20. The van der Waals surface area contributed by atoms with E-state index in [2.05, 4.69) is 6.92 Å². The van der Waals surface area contributed by atoms with Crippen molar-refractivity contribution in [3.8, 4) is 0 Å². The fourth-order valence-electron chi connectivity index (χ4n) is 2.14. The summed E-state index contributed by atoms with van der Waals surface area (Å²) in [4.78, 5) is 15.1. The summed E-state index contributed by atoms with van der Waals surface area (Å²) >= 11 is 1.55. The normalized spacial score (nSPS) is 19.9. The molecule has 5 heteroatoms. The van der Waals surface area contributed by atoms with E-state index < -0.39 is 0 Å². The molecular weight excluding hydrogens is 256 g/mol. The Bertz CT molecular complexity index is 380. The molecule has 0 unspecified atom stereocenters. The molecule has 0 spiro atoms. The number of piperidine rings is 1. The summed E-state index contributed by atoms with van der Waals surface area (Å²) < 4.78 is 0. The molecule has 1 fully saturated rings. The number of hydrogen-bond donors (Lipinski definition) is 1. The van der Waals surface area contributed by atoms with Gasteiger partial charge in [0.05, 0.1) is 4.88 Å². The third kappa shape index (κ3) is 3.21. The van der Waals surface area contributed by atoms with Crippen molar-refractivity contribution in [2.45, 2.75) is 32.2 Å². The number of aryl methyl sites for hydroxylation is 1. The highest BCUT2D eigenvalue weighted by Crippen LogP contribution is 2.21. The lowest BCUT2D eigenvalue weighted by Gasteiger charge is -2.30. The van der Waals surface area contributed by atoms with Crippen molar-refractivity contribution in [1.82, 2.24) is 4.90 Å². The number of carbonyl (C=O) groups is 1. The van der Waals surface area contributed by atoms with Gasteiger partial charge in [-0.1, -0.05) is 6.92 Å². The Morgan fingerprint density at radius 2 is 2.41 bits per heavy atom. The molecule has 1 aliphatic rings. The second kappa shape index (κ2) is 6.38. The number of halogens is 1. The molecule has 0 bridgehead atoms. The Hall–Kier alpha value is -0.580. The van der Waals surface area contributed by atoms with Crippen LogP contribution in [0, 0.1) is 0 Å². The summed E-state index contributed by atoms with van der Waals surface area (Å²) in [5.74, 6) is 0.169. The predicted molar refractivity (Wildman–Crippen MR) is 74.1 cm³/mol. The molecule has 96 valence electrons. The topological polar surface area (TPSA) is 46.3 Å². The van der Waals surface area contributed by atoms with Gasteiger partial charge in [0.2, 0.25) is 0 Å². The molecule has 0 aromatic carbocycles. The van der Waals surface area contributed by atoms with Crippen LogP contribution in [0.5, 0.6) is 0 Å². The summed E-state index contributed by atoms with van der Waals surface area (Å²) in [6.07, 6.45) is 2.99. The average molecular weight is 275 g/mol. The van der Waals surface area contributed by atoms with Crippen LogP contribution in [0.1, 0.15) is 35.0 Å². The first-order valence-electron chi connectivity index (χ1n) is 5.83. The fraction of sp³-hybridized carbons (Fsp3) is 0.583. The maximum Gasteiger partial charge on any atom is 0.264 e. The molecule has 1 aromatic heterocycles. The molecule has 0 saturated carbocycles. The summed E-state index contributed by atoms with van der Waals surface area (Å²) in [6, 6.07) is 2.20. The summed E-state index contributed by atoms with van der Waals surface area (Å²) in [7, 11) is 0. The van der Waals surface area contributed by atoms with Crippen molar-refractivity contribution < 1.29 is 4.79 Å². The molecule has 2 rings (SSSR count). The Labute approximate surface area is 112 Å². The number of thiophene rings is 1. The van der Waals surface area contributed by atoms with Crippen LogP contribution in [-0.4, -0.2) is 29.9 Å². The maximum atomic E-state index is 12.3. The Kier molecular flexibility index (Phi) is 5.43. The molecule has 1 saturated heterocycles. The van der Waals surface area contributed by atoms with E-state index in [0.717, 1.165) is 36.2 Å². The molecule has 0 radical (unpaired) electrons. The van der Waals surface area contributed by atoms with Gasteiger partial charge < -0.3 is 10.6 Å². The third-order valence-electron chi connectivity index (χ3n) is 3.07. The van der Waals surface area contributed by atoms with Crippen LogP contribution in [0.4, 0.5) is 0 Å². The number of nitrogens with zero attached hydrogens (tertiary/aromatic N) is 1. The smallest absolute Gasteiger partial charge is 0.264 e. The van der Waals surface area contributed by atoms with E-state index >= 15 is 0 Å². The van der Waals surface area contributed by atoms with Crippen LogP contribution in [0.15, 0.2) is 11.4 Å². The lowest BCUT2D eigenvalue weighted by atomic mass is 10.1. The largest absolute Gasteiger partial charge is 0.336 e. The van der Waals surface area contributed by atoms with E-state index in [0.29, 0.717) is 6.54 Å². The number of rotatable bonds is 2. The van der Waals surface area contributed by atoms with Gasteiger partial charge in [0.15, 0.2) is 0 Å². The molecular formula is C12H19ClN2OS. The number of likely N-dealkylation sites (tertiary alicyclic amines) is 1. The molecule has 1 aromatic rings. The third-order valence-corrected chi connectivity index (χ3v) is 4.01. The van der Waals surface area contributed by atoms with E-state index in [1.165, 1.54) is 0 Å². The van der Waals surface area contributed by atoms with Gasteiger partial charge in [-0.05, 0) is 36.3 Å². The molecule has 1 atom stereocenters. The summed E-state index contributed by atoms with van der Waals surface area (Å²) in [5, 5.41) is 2.00. The molecule has 2 heterocycles. The van der Waals surface area contributed by atoms with Gasteiger partial charge in [0.1, 0.15) is 0 Å². The zero-order valence-electron chi connectivity index (χ0n) is 10.0. The van der Waals surface area contributed by atoms with Crippen LogP contribution in [0.25, 0.3) is 0 Å². The predicted octanol–water partition coefficient (Wildman–Crippen LogP) is 2.30. The van der Waals surface area contributed by atoms with Crippen LogP contribution in [0.3, 0.4) is 0 Å². The first kappa shape index (κ1) is 14.5. The van der Waals surface area contributed by atoms with Gasteiger partial charge in [0, 0.05) is 19.1 Å². The van der Waals surface area contributed by atoms with Crippen LogP contribution >= 0.6 is 23.7 Å². The minimum Gasteiger partial charge on any atom is -0.336 e.